The molecule has 3 heteroatoms. The van der Waals surface area contributed by atoms with Crippen molar-refractivity contribution >= 4 is 0 Å². The third kappa shape index (κ3) is 1.84. The van der Waals surface area contributed by atoms with E-state index in [0.717, 1.165) is 12.8 Å². The number of hydrogen-bond donors (Lipinski definition) is 1. The van der Waals surface area contributed by atoms with E-state index in [0.29, 0.717) is 25.0 Å². The van der Waals surface area contributed by atoms with Crippen LogP contribution in [0.3, 0.4) is 0 Å². The summed E-state index contributed by atoms with van der Waals surface area (Å²) in [4.78, 5) is 0. The molecule has 1 spiro atoms. The van der Waals surface area contributed by atoms with Gasteiger partial charge in [-0.2, -0.15) is 0 Å². The molecule has 1 N–H and O–H groups in total. The number of rotatable bonds is 1. The molecule has 3 aliphatic rings. The van der Waals surface area contributed by atoms with Gasteiger partial charge in [0, 0.05) is 12.3 Å². The van der Waals surface area contributed by atoms with E-state index in [1.165, 1.54) is 16.7 Å². The second kappa shape index (κ2) is 4.31. The first-order valence-electron chi connectivity index (χ1n) is 8.01. The molecule has 1 aliphatic heterocycles. The fourth-order valence-corrected chi connectivity index (χ4v) is 4.79. The van der Waals surface area contributed by atoms with Crippen molar-refractivity contribution in [3.8, 4) is 0 Å². The summed E-state index contributed by atoms with van der Waals surface area (Å²) in [6.07, 6.45) is 1.84. The van der Waals surface area contributed by atoms with Crippen molar-refractivity contribution in [1.82, 2.24) is 0 Å². The Morgan fingerprint density at radius 3 is 2.62 bits per heavy atom. The maximum atomic E-state index is 10.5. The van der Waals surface area contributed by atoms with E-state index in [2.05, 4.69) is 25.1 Å². The standard InChI is InChI=1S/C18H24O3/c1-11-5-4-6-12-10-18(20-7-8-21-18)14-9-13(17(2,3)19)16(14)15(11)12/h4-6,13-14,16,19H,7-10H2,1-3H3/t13-,14-,16+/m0/s1. The Labute approximate surface area is 126 Å². The number of aryl methyl sites for hydroxylation is 1. The molecule has 1 saturated heterocycles. The van der Waals surface area contributed by atoms with Crippen molar-refractivity contribution in [2.45, 2.75) is 50.9 Å². The van der Waals surface area contributed by atoms with E-state index in [4.69, 9.17) is 9.47 Å². The summed E-state index contributed by atoms with van der Waals surface area (Å²) in [7, 11) is 0. The third-order valence-electron chi connectivity index (χ3n) is 5.81. The summed E-state index contributed by atoms with van der Waals surface area (Å²) in [5, 5.41) is 10.5. The number of aliphatic hydroxyl groups is 1. The molecule has 0 bridgehead atoms. The van der Waals surface area contributed by atoms with Gasteiger partial charge in [0.2, 0.25) is 0 Å². The minimum Gasteiger partial charge on any atom is -0.390 e. The van der Waals surface area contributed by atoms with Gasteiger partial charge in [-0.15, -0.1) is 0 Å². The van der Waals surface area contributed by atoms with Crippen molar-refractivity contribution in [2.75, 3.05) is 13.2 Å². The molecule has 4 rings (SSSR count). The molecule has 21 heavy (non-hydrogen) atoms. The molecule has 1 aromatic rings. The summed E-state index contributed by atoms with van der Waals surface area (Å²) in [6.45, 7) is 7.44. The van der Waals surface area contributed by atoms with Crippen molar-refractivity contribution in [2.24, 2.45) is 11.8 Å². The topological polar surface area (TPSA) is 38.7 Å². The van der Waals surface area contributed by atoms with E-state index in [1.807, 2.05) is 13.8 Å². The lowest BCUT2D eigenvalue weighted by molar-refractivity contribution is -0.247. The van der Waals surface area contributed by atoms with Gasteiger partial charge in [-0.3, -0.25) is 0 Å². The SMILES string of the molecule is Cc1cccc2c1[C@@H]1[C@@H](C(C)(C)O)C[C@@H]1C1(C2)OCCO1. The van der Waals surface area contributed by atoms with Crippen LogP contribution < -0.4 is 0 Å². The summed E-state index contributed by atoms with van der Waals surface area (Å²) < 4.78 is 12.1. The molecule has 2 fully saturated rings. The average molecular weight is 288 g/mol. The molecule has 2 aliphatic carbocycles. The van der Waals surface area contributed by atoms with Crippen LogP contribution in [0.25, 0.3) is 0 Å². The molecule has 0 unspecified atom stereocenters. The Bertz CT molecular complexity index is 566. The number of fused-ring (bicyclic) bond motifs is 4. The molecule has 1 aromatic carbocycles. The summed E-state index contributed by atoms with van der Waals surface area (Å²) in [5.74, 6) is 0.582. The monoisotopic (exact) mass is 288 g/mol. The molecule has 0 amide bonds. The Morgan fingerprint density at radius 1 is 1.24 bits per heavy atom. The number of ether oxygens (including phenoxy) is 2. The number of benzene rings is 1. The van der Waals surface area contributed by atoms with Crippen LogP contribution in [-0.4, -0.2) is 29.7 Å². The Morgan fingerprint density at radius 2 is 1.95 bits per heavy atom. The van der Waals surface area contributed by atoms with Gasteiger partial charge >= 0.3 is 0 Å². The van der Waals surface area contributed by atoms with Crippen molar-refractivity contribution < 1.29 is 14.6 Å². The first-order chi connectivity index (χ1) is 9.92. The predicted octanol–water partition coefficient (Wildman–Crippen LogP) is 2.78. The lowest BCUT2D eigenvalue weighted by Gasteiger charge is -2.59. The zero-order valence-electron chi connectivity index (χ0n) is 13.1. The third-order valence-corrected chi connectivity index (χ3v) is 5.81. The van der Waals surface area contributed by atoms with Crippen LogP contribution in [0.4, 0.5) is 0 Å². The molecule has 1 heterocycles. The molecular formula is C18H24O3. The van der Waals surface area contributed by atoms with Crippen LogP contribution in [0.2, 0.25) is 0 Å². The zero-order valence-corrected chi connectivity index (χ0v) is 13.1. The Balaban J connectivity index is 1.82. The van der Waals surface area contributed by atoms with Crippen LogP contribution in [-0.2, 0) is 15.9 Å². The second-order valence-electron chi connectivity index (χ2n) is 7.46. The van der Waals surface area contributed by atoms with Gasteiger partial charge < -0.3 is 14.6 Å². The molecule has 1 saturated carbocycles. The van der Waals surface area contributed by atoms with E-state index >= 15 is 0 Å². The predicted molar refractivity (Wildman–Crippen MR) is 80.2 cm³/mol. The van der Waals surface area contributed by atoms with E-state index < -0.39 is 11.4 Å². The lowest BCUT2D eigenvalue weighted by atomic mass is 9.50. The van der Waals surface area contributed by atoms with Crippen LogP contribution >= 0.6 is 0 Å². The summed E-state index contributed by atoms with van der Waals surface area (Å²) in [6, 6.07) is 6.50. The van der Waals surface area contributed by atoms with Gasteiger partial charge in [-0.25, -0.2) is 0 Å². The highest BCUT2D eigenvalue weighted by Gasteiger charge is 2.62. The van der Waals surface area contributed by atoms with Gasteiger partial charge in [0.25, 0.3) is 0 Å². The van der Waals surface area contributed by atoms with Gasteiger partial charge in [-0.05, 0) is 55.7 Å². The van der Waals surface area contributed by atoms with Gasteiger partial charge in [0.15, 0.2) is 5.79 Å². The first-order valence-corrected chi connectivity index (χ1v) is 8.01. The van der Waals surface area contributed by atoms with Gasteiger partial charge in [-0.1, -0.05) is 18.2 Å². The minimum atomic E-state index is -0.655. The highest BCUT2D eigenvalue weighted by atomic mass is 16.7. The Kier molecular flexibility index (Phi) is 2.82. The zero-order chi connectivity index (χ0) is 14.8. The maximum absolute atomic E-state index is 10.5. The van der Waals surface area contributed by atoms with Gasteiger partial charge in [0.05, 0.1) is 18.8 Å². The largest absolute Gasteiger partial charge is 0.390 e. The minimum absolute atomic E-state index is 0.285. The molecule has 114 valence electrons. The quantitative estimate of drug-likeness (QED) is 0.863. The Hall–Kier alpha value is -0.900. The van der Waals surface area contributed by atoms with Crippen molar-refractivity contribution in [1.29, 1.82) is 0 Å². The van der Waals surface area contributed by atoms with Crippen LogP contribution in [0, 0.1) is 18.8 Å². The maximum Gasteiger partial charge on any atom is 0.175 e. The summed E-state index contributed by atoms with van der Waals surface area (Å²) in [5.41, 5.74) is 3.46. The normalized spacial score (nSPS) is 33.4. The highest BCUT2D eigenvalue weighted by Crippen LogP contribution is 2.62. The van der Waals surface area contributed by atoms with Crippen LogP contribution in [0.1, 0.15) is 42.9 Å². The van der Waals surface area contributed by atoms with E-state index in [-0.39, 0.29) is 5.92 Å². The summed E-state index contributed by atoms with van der Waals surface area (Å²) >= 11 is 0. The van der Waals surface area contributed by atoms with E-state index in [1.54, 1.807) is 0 Å². The molecule has 0 aromatic heterocycles. The van der Waals surface area contributed by atoms with Crippen molar-refractivity contribution in [3.63, 3.8) is 0 Å². The average Bonchev–Trinajstić information content (AvgIpc) is 2.78. The fourth-order valence-electron chi connectivity index (χ4n) is 4.79. The molecule has 0 radical (unpaired) electrons. The van der Waals surface area contributed by atoms with Crippen LogP contribution in [0.5, 0.6) is 0 Å². The first kappa shape index (κ1) is 13.7. The lowest BCUT2D eigenvalue weighted by Crippen LogP contribution is -2.60. The second-order valence-corrected chi connectivity index (χ2v) is 7.46. The van der Waals surface area contributed by atoms with Crippen LogP contribution in [0.15, 0.2) is 18.2 Å². The number of hydrogen-bond acceptors (Lipinski definition) is 3. The smallest absolute Gasteiger partial charge is 0.175 e. The van der Waals surface area contributed by atoms with E-state index in [9.17, 15) is 5.11 Å². The highest BCUT2D eigenvalue weighted by molar-refractivity contribution is 5.44. The molecular weight excluding hydrogens is 264 g/mol. The molecule has 3 atom stereocenters. The molecule has 3 nitrogen and oxygen atoms in total. The van der Waals surface area contributed by atoms with Crippen molar-refractivity contribution in [3.05, 3.63) is 34.9 Å². The fraction of sp³-hybridized carbons (Fsp3) is 0.667. The van der Waals surface area contributed by atoms with Gasteiger partial charge in [0.1, 0.15) is 0 Å².